The maximum Gasteiger partial charge on any atom is 0.125 e. The van der Waals surface area contributed by atoms with Gasteiger partial charge in [-0.1, -0.05) is 41.4 Å². The summed E-state index contributed by atoms with van der Waals surface area (Å²) in [6.07, 6.45) is 7.83. The minimum atomic E-state index is -0.789. The van der Waals surface area contributed by atoms with Gasteiger partial charge in [0.2, 0.25) is 0 Å². The van der Waals surface area contributed by atoms with Crippen LogP contribution in [0.15, 0.2) is 11.6 Å². The van der Waals surface area contributed by atoms with Crippen molar-refractivity contribution in [1.29, 1.82) is 0 Å². The molecule has 4 aliphatic rings. The Morgan fingerprint density at radius 1 is 1.04 bits per heavy atom. The van der Waals surface area contributed by atoms with Crippen molar-refractivity contribution in [1.82, 2.24) is 0 Å². The van der Waals surface area contributed by atoms with E-state index in [2.05, 4.69) is 35.9 Å². The molecular weight excluding hydrogens is 356 g/mol. The van der Waals surface area contributed by atoms with E-state index >= 15 is 0 Å². The molecule has 23 heavy (non-hydrogen) atoms. The van der Waals surface area contributed by atoms with Crippen molar-refractivity contribution in [2.45, 2.75) is 75.5 Å². The first-order valence-corrected chi connectivity index (χ1v) is 9.97. The molecule has 4 aliphatic carbocycles. The van der Waals surface area contributed by atoms with Gasteiger partial charge in [0.1, 0.15) is 4.51 Å². The molecule has 3 fully saturated rings. The van der Waals surface area contributed by atoms with Gasteiger partial charge >= 0.3 is 0 Å². The molecule has 0 spiro atoms. The number of hydrogen-bond acceptors (Lipinski definition) is 3. The zero-order valence-corrected chi connectivity index (χ0v) is 15.7. The largest absolute Gasteiger partial charge is 0.393 e. The number of halogens is 1. The van der Waals surface area contributed by atoms with Gasteiger partial charge in [-0.3, -0.25) is 0 Å². The Bertz CT molecular complexity index is 545. The van der Waals surface area contributed by atoms with Crippen LogP contribution in [0.2, 0.25) is 0 Å². The van der Waals surface area contributed by atoms with Crippen molar-refractivity contribution in [3.05, 3.63) is 11.6 Å². The lowest BCUT2D eigenvalue weighted by molar-refractivity contribution is -0.112. The molecule has 0 aromatic carbocycles. The number of alkyl halides is 1. The zero-order valence-electron chi connectivity index (χ0n) is 14.1. The third-order valence-corrected chi connectivity index (χ3v) is 9.46. The van der Waals surface area contributed by atoms with Crippen molar-refractivity contribution in [3.8, 4) is 0 Å². The standard InChI is InChI=1S/C19H29BrO3/c1-17-6-3-12(21)9-11(17)10-15(22)16-13(17)4-7-18(2)14(16)5-8-19(18,20)23/h10,12-16,21-23H,3-9H2,1-2H3/t12?,13-,14+,15?,16-,17+,18+,19?/m1/s1. The molecule has 3 nitrogen and oxygen atoms in total. The fourth-order valence-electron chi connectivity index (χ4n) is 6.59. The van der Waals surface area contributed by atoms with Gasteiger partial charge in [0, 0.05) is 5.41 Å². The Hall–Kier alpha value is 0.100. The van der Waals surface area contributed by atoms with Crippen LogP contribution in [0.4, 0.5) is 0 Å². The first-order valence-electron chi connectivity index (χ1n) is 9.18. The number of aliphatic hydroxyl groups is 3. The third kappa shape index (κ3) is 2.11. The van der Waals surface area contributed by atoms with E-state index in [1.54, 1.807) is 0 Å². The Balaban J connectivity index is 1.74. The van der Waals surface area contributed by atoms with E-state index in [4.69, 9.17) is 0 Å². The van der Waals surface area contributed by atoms with E-state index in [9.17, 15) is 15.3 Å². The molecule has 0 aromatic rings. The first-order chi connectivity index (χ1) is 10.7. The molecule has 0 amide bonds. The summed E-state index contributed by atoms with van der Waals surface area (Å²) in [7, 11) is 0. The molecule has 0 aliphatic heterocycles. The minimum absolute atomic E-state index is 0.122. The van der Waals surface area contributed by atoms with Crippen LogP contribution in [0.3, 0.4) is 0 Å². The van der Waals surface area contributed by atoms with Gasteiger partial charge in [0.25, 0.3) is 0 Å². The van der Waals surface area contributed by atoms with Crippen LogP contribution in [-0.2, 0) is 0 Å². The highest BCUT2D eigenvalue weighted by molar-refractivity contribution is 9.10. The molecule has 3 saturated carbocycles. The van der Waals surface area contributed by atoms with E-state index in [1.807, 2.05) is 0 Å². The summed E-state index contributed by atoms with van der Waals surface area (Å²) < 4.78 is -0.789. The second kappa shape index (κ2) is 5.06. The highest BCUT2D eigenvalue weighted by atomic mass is 79.9. The van der Waals surface area contributed by atoms with Crippen molar-refractivity contribution < 1.29 is 15.3 Å². The molecule has 0 heterocycles. The molecule has 0 radical (unpaired) electrons. The van der Waals surface area contributed by atoms with Gasteiger partial charge in [-0.25, -0.2) is 0 Å². The van der Waals surface area contributed by atoms with E-state index in [-0.39, 0.29) is 22.9 Å². The van der Waals surface area contributed by atoms with Crippen molar-refractivity contribution in [3.63, 3.8) is 0 Å². The van der Waals surface area contributed by atoms with Crippen LogP contribution in [0.25, 0.3) is 0 Å². The molecule has 4 heteroatoms. The van der Waals surface area contributed by atoms with E-state index in [0.29, 0.717) is 11.8 Å². The lowest BCUT2D eigenvalue weighted by atomic mass is 9.47. The Morgan fingerprint density at radius 3 is 2.48 bits per heavy atom. The van der Waals surface area contributed by atoms with Crippen molar-refractivity contribution >= 4 is 15.9 Å². The predicted molar refractivity (Wildman–Crippen MR) is 93.0 cm³/mol. The fourth-order valence-corrected chi connectivity index (χ4v) is 7.31. The Labute approximate surface area is 147 Å². The number of fused-ring (bicyclic) bond motifs is 5. The molecule has 3 unspecified atom stereocenters. The summed E-state index contributed by atoms with van der Waals surface area (Å²) in [4.78, 5) is 0. The van der Waals surface area contributed by atoms with Crippen molar-refractivity contribution in [2.75, 3.05) is 0 Å². The van der Waals surface area contributed by atoms with Crippen LogP contribution >= 0.6 is 15.9 Å². The predicted octanol–water partition coefficient (Wildman–Crippen LogP) is 3.36. The maximum absolute atomic E-state index is 10.9. The normalized spacial score (nSPS) is 58.9. The first kappa shape index (κ1) is 16.6. The smallest absolute Gasteiger partial charge is 0.125 e. The van der Waals surface area contributed by atoms with Gasteiger partial charge < -0.3 is 15.3 Å². The summed E-state index contributed by atoms with van der Waals surface area (Å²) in [6.45, 7) is 4.56. The lowest BCUT2D eigenvalue weighted by Crippen LogP contribution is -2.56. The minimum Gasteiger partial charge on any atom is -0.393 e. The second-order valence-electron chi connectivity index (χ2n) is 9.04. The van der Waals surface area contributed by atoms with E-state index in [1.165, 1.54) is 5.57 Å². The molecule has 0 bridgehead atoms. The SMILES string of the molecule is C[C@]12CCC(O)CC1=CC(O)[C@@H]1[C@H]2CC[C@@]2(C)[C@H]1CCC2(O)Br. The molecule has 0 aromatic heterocycles. The summed E-state index contributed by atoms with van der Waals surface area (Å²) in [6, 6.07) is 0. The fraction of sp³-hybridized carbons (Fsp3) is 0.895. The molecule has 3 N–H and O–H groups in total. The number of hydrogen-bond donors (Lipinski definition) is 3. The zero-order chi connectivity index (χ0) is 16.6. The molecule has 4 rings (SSSR count). The van der Waals surface area contributed by atoms with Crippen LogP contribution in [0.5, 0.6) is 0 Å². The third-order valence-electron chi connectivity index (χ3n) is 8.15. The van der Waals surface area contributed by atoms with Gasteiger partial charge in [-0.15, -0.1) is 0 Å². The Morgan fingerprint density at radius 2 is 1.74 bits per heavy atom. The highest BCUT2D eigenvalue weighted by Gasteiger charge is 2.64. The summed E-state index contributed by atoms with van der Waals surface area (Å²) in [5.41, 5.74) is 1.25. The second-order valence-corrected chi connectivity index (χ2v) is 10.4. The highest BCUT2D eigenvalue weighted by Crippen LogP contribution is 2.68. The topological polar surface area (TPSA) is 60.7 Å². The van der Waals surface area contributed by atoms with E-state index in [0.717, 1.165) is 44.9 Å². The van der Waals surface area contributed by atoms with Gasteiger partial charge in [-0.2, -0.15) is 0 Å². The van der Waals surface area contributed by atoms with Gasteiger partial charge in [-0.05, 0) is 68.1 Å². The average molecular weight is 385 g/mol. The van der Waals surface area contributed by atoms with E-state index < -0.39 is 10.6 Å². The summed E-state index contributed by atoms with van der Waals surface area (Å²) >= 11 is 3.59. The molecule has 0 saturated heterocycles. The monoisotopic (exact) mass is 384 g/mol. The van der Waals surface area contributed by atoms with Crippen LogP contribution in [0.1, 0.15) is 58.8 Å². The van der Waals surface area contributed by atoms with Crippen molar-refractivity contribution in [2.24, 2.45) is 28.6 Å². The summed E-state index contributed by atoms with van der Waals surface area (Å²) in [5.74, 6) is 1.08. The van der Waals surface area contributed by atoms with Crippen LogP contribution in [-0.4, -0.2) is 32.0 Å². The molecule has 130 valence electrons. The van der Waals surface area contributed by atoms with Gasteiger partial charge in [0.15, 0.2) is 0 Å². The summed E-state index contributed by atoms with van der Waals surface area (Å²) in [5, 5.41) is 31.8. The van der Waals surface area contributed by atoms with Crippen LogP contribution in [0, 0.1) is 28.6 Å². The molecular formula is C19H29BrO3. The number of rotatable bonds is 0. The quantitative estimate of drug-likeness (QED) is 0.443. The average Bonchev–Trinajstić information content (AvgIpc) is 2.72. The number of aliphatic hydroxyl groups excluding tert-OH is 2. The lowest BCUT2D eigenvalue weighted by Gasteiger charge is -2.59. The van der Waals surface area contributed by atoms with Crippen LogP contribution < -0.4 is 0 Å². The van der Waals surface area contributed by atoms with Gasteiger partial charge in [0.05, 0.1) is 12.2 Å². The molecule has 8 atom stereocenters. The maximum atomic E-state index is 10.9. The Kier molecular flexibility index (Phi) is 3.64.